The van der Waals surface area contributed by atoms with Crippen molar-refractivity contribution in [3.8, 4) is 0 Å². The molecule has 1 aromatic heterocycles. The van der Waals surface area contributed by atoms with Gasteiger partial charge in [-0.2, -0.15) is 0 Å². The number of rotatable bonds is 2. The number of halogens is 3. The van der Waals surface area contributed by atoms with Crippen molar-refractivity contribution in [1.82, 2.24) is 0 Å². The fourth-order valence-electron chi connectivity index (χ4n) is 1.46. The highest BCUT2D eigenvalue weighted by Crippen LogP contribution is 2.19. The van der Waals surface area contributed by atoms with E-state index < -0.39 is 28.8 Å². The number of carbonyl (C=O) groups is 1. The van der Waals surface area contributed by atoms with E-state index in [-0.39, 0.29) is 5.56 Å². The molecular formula is C12H7F3O2. The number of hydrogen-bond donors (Lipinski definition) is 0. The van der Waals surface area contributed by atoms with Crippen molar-refractivity contribution in [3.05, 3.63) is 58.8 Å². The van der Waals surface area contributed by atoms with Crippen LogP contribution in [0, 0.1) is 24.4 Å². The predicted octanol–water partition coefficient (Wildman–Crippen LogP) is 3.24. The van der Waals surface area contributed by atoms with Gasteiger partial charge in [-0.05, 0) is 19.1 Å². The van der Waals surface area contributed by atoms with Crippen molar-refractivity contribution < 1.29 is 22.4 Å². The molecule has 0 aliphatic heterocycles. The zero-order chi connectivity index (χ0) is 12.6. The zero-order valence-electron chi connectivity index (χ0n) is 8.76. The van der Waals surface area contributed by atoms with Gasteiger partial charge in [0.1, 0.15) is 11.6 Å². The van der Waals surface area contributed by atoms with E-state index in [9.17, 15) is 18.0 Å². The summed E-state index contributed by atoms with van der Waals surface area (Å²) in [5.41, 5.74) is -0.400. The Morgan fingerprint density at radius 2 is 1.71 bits per heavy atom. The predicted molar refractivity (Wildman–Crippen MR) is 53.2 cm³/mol. The number of aryl methyl sites for hydroxylation is 1. The van der Waals surface area contributed by atoms with Crippen LogP contribution >= 0.6 is 0 Å². The summed E-state index contributed by atoms with van der Waals surface area (Å²) >= 11 is 0. The molecule has 0 spiro atoms. The van der Waals surface area contributed by atoms with Gasteiger partial charge in [0.05, 0.1) is 17.4 Å². The monoisotopic (exact) mass is 240 g/mol. The molecule has 2 aromatic rings. The van der Waals surface area contributed by atoms with Crippen LogP contribution in [0.25, 0.3) is 0 Å². The number of benzene rings is 1. The molecule has 17 heavy (non-hydrogen) atoms. The van der Waals surface area contributed by atoms with Gasteiger partial charge in [-0.3, -0.25) is 4.79 Å². The summed E-state index contributed by atoms with van der Waals surface area (Å²) in [6.45, 7) is 1.52. The third-order valence-corrected chi connectivity index (χ3v) is 2.36. The second-order valence-electron chi connectivity index (χ2n) is 3.47. The second-order valence-corrected chi connectivity index (χ2v) is 3.47. The molecule has 2 nitrogen and oxygen atoms in total. The summed E-state index contributed by atoms with van der Waals surface area (Å²) in [5, 5.41) is 0. The lowest BCUT2D eigenvalue weighted by atomic mass is 10.0. The molecule has 0 N–H and O–H groups in total. The first-order valence-electron chi connectivity index (χ1n) is 4.74. The SMILES string of the molecule is Cc1occc1C(=O)c1cc(F)c(F)cc1F. The Labute approximate surface area is 94.7 Å². The Bertz CT molecular complexity index is 587. The van der Waals surface area contributed by atoms with Gasteiger partial charge in [0.2, 0.25) is 0 Å². The van der Waals surface area contributed by atoms with E-state index in [1.54, 1.807) is 0 Å². The van der Waals surface area contributed by atoms with E-state index in [0.717, 1.165) is 0 Å². The molecule has 0 fully saturated rings. The Morgan fingerprint density at radius 1 is 1.06 bits per heavy atom. The minimum Gasteiger partial charge on any atom is -0.469 e. The number of ketones is 1. The van der Waals surface area contributed by atoms with E-state index in [1.807, 2.05) is 0 Å². The van der Waals surface area contributed by atoms with Crippen molar-refractivity contribution >= 4 is 5.78 Å². The van der Waals surface area contributed by atoms with E-state index in [4.69, 9.17) is 4.42 Å². The van der Waals surface area contributed by atoms with Crippen LogP contribution in [-0.2, 0) is 0 Å². The Morgan fingerprint density at radius 3 is 2.29 bits per heavy atom. The lowest BCUT2D eigenvalue weighted by Crippen LogP contribution is -2.06. The van der Waals surface area contributed by atoms with Gasteiger partial charge in [-0.25, -0.2) is 13.2 Å². The molecule has 1 aromatic carbocycles. The van der Waals surface area contributed by atoms with Crippen LogP contribution < -0.4 is 0 Å². The van der Waals surface area contributed by atoms with Crippen molar-refractivity contribution in [2.75, 3.05) is 0 Å². The number of hydrogen-bond acceptors (Lipinski definition) is 2. The summed E-state index contributed by atoms with van der Waals surface area (Å²) in [5.74, 6) is -4.15. The van der Waals surface area contributed by atoms with Crippen molar-refractivity contribution in [2.45, 2.75) is 6.92 Å². The molecular weight excluding hydrogens is 233 g/mol. The first-order chi connectivity index (χ1) is 8.00. The minimum atomic E-state index is -1.33. The van der Waals surface area contributed by atoms with E-state index in [2.05, 4.69) is 0 Å². The van der Waals surface area contributed by atoms with E-state index in [0.29, 0.717) is 17.9 Å². The smallest absolute Gasteiger partial charge is 0.199 e. The maximum Gasteiger partial charge on any atom is 0.199 e. The van der Waals surface area contributed by atoms with Gasteiger partial charge in [0.15, 0.2) is 17.4 Å². The average molecular weight is 240 g/mol. The van der Waals surface area contributed by atoms with Crippen LogP contribution in [0.5, 0.6) is 0 Å². The maximum absolute atomic E-state index is 13.3. The molecule has 0 radical (unpaired) electrons. The molecule has 88 valence electrons. The highest BCUT2D eigenvalue weighted by molar-refractivity contribution is 6.09. The largest absolute Gasteiger partial charge is 0.469 e. The van der Waals surface area contributed by atoms with E-state index >= 15 is 0 Å². The minimum absolute atomic E-state index is 0.120. The molecule has 2 rings (SSSR count). The quantitative estimate of drug-likeness (QED) is 0.595. The Balaban J connectivity index is 2.52. The average Bonchev–Trinajstić information content (AvgIpc) is 2.69. The Kier molecular flexibility index (Phi) is 2.75. The van der Waals surface area contributed by atoms with Crippen LogP contribution in [0.4, 0.5) is 13.2 Å². The molecule has 0 amide bonds. The molecule has 0 atom stereocenters. The third kappa shape index (κ3) is 1.95. The summed E-state index contributed by atoms with van der Waals surface area (Å²) in [6.07, 6.45) is 1.26. The Hall–Kier alpha value is -2.04. The van der Waals surface area contributed by atoms with Gasteiger partial charge in [-0.1, -0.05) is 0 Å². The number of carbonyl (C=O) groups excluding carboxylic acids is 1. The van der Waals surface area contributed by atoms with Crippen molar-refractivity contribution in [3.63, 3.8) is 0 Å². The molecule has 0 saturated carbocycles. The molecule has 1 heterocycles. The zero-order valence-corrected chi connectivity index (χ0v) is 8.76. The van der Waals surface area contributed by atoms with Crippen molar-refractivity contribution in [1.29, 1.82) is 0 Å². The van der Waals surface area contributed by atoms with Gasteiger partial charge in [0.25, 0.3) is 0 Å². The fraction of sp³-hybridized carbons (Fsp3) is 0.0833. The molecule has 5 heteroatoms. The molecule has 0 bridgehead atoms. The highest BCUT2D eigenvalue weighted by atomic mass is 19.2. The highest BCUT2D eigenvalue weighted by Gasteiger charge is 2.20. The third-order valence-electron chi connectivity index (χ3n) is 2.36. The summed E-state index contributed by atoms with van der Waals surface area (Å²) in [7, 11) is 0. The lowest BCUT2D eigenvalue weighted by Gasteiger charge is -2.02. The van der Waals surface area contributed by atoms with Crippen molar-refractivity contribution in [2.24, 2.45) is 0 Å². The molecule has 0 unspecified atom stereocenters. The van der Waals surface area contributed by atoms with Crippen LogP contribution in [0.2, 0.25) is 0 Å². The second kappa shape index (κ2) is 4.08. The first-order valence-corrected chi connectivity index (χ1v) is 4.74. The maximum atomic E-state index is 13.3. The van der Waals surface area contributed by atoms with Gasteiger partial charge in [0, 0.05) is 6.07 Å². The van der Waals surface area contributed by atoms with Crippen LogP contribution in [0.15, 0.2) is 28.9 Å². The fourth-order valence-corrected chi connectivity index (χ4v) is 1.46. The summed E-state index contributed by atoms with van der Waals surface area (Å²) < 4.78 is 43.9. The van der Waals surface area contributed by atoms with Crippen LogP contribution in [0.1, 0.15) is 21.7 Å². The summed E-state index contributed by atoms with van der Waals surface area (Å²) in [4.78, 5) is 11.8. The lowest BCUT2D eigenvalue weighted by molar-refractivity contribution is 0.103. The van der Waals surface area contributed by atoms with Crippen LogP contribution in [-0.4, -0.2) is 5.78 Å². The summed E-state index contributed by atoms with van der Waals surface area (Å²) in [6, 6.07) is 2.23. The molecule has 0 aliphatic rings. The standard InChI is InChI=1S/C12H7F3O2/c1-6-7(2-3-17-6)12(16)8-4-10(14)11(15)5-9(8)13/h2-5H,1H3. The van der Waals surface area contributed by atoms with Gasteiger partial charge < -0.3 is 4.42 Å². The normalized spacial score (nSPS) is 10.6. The van der Waals surface area contributed by atoms with Crippen LogP contribution in [0.3, 0.4) is 0 Å². The van der Waals surface area contributed by atoms with Gasteiger partial charge >= 0.3 is 0 Å². The molecule has 0 saturated heterocycles. The van der Waals surface area contributed by atoms with E-state index in [1.165, 1.54) is 19.3 Å². The first kappa shape index (κ1) is 11.4. The van der Waals surface area contributed by atoms with Gasteiger partial charge in [-0.15, -0.1) is 0 Å². The number of furan rings is 1. The topological polar surface area (TPSA) is 30.2 Å². The molecule has 0 aliphatic carbocycles.